The van der Waals surface area contributed by atoms with E-state index in [1.54, 1.807) is 6.07 Å². The molecule has 4 nitrogen and oxygen atoms in total. The molecule has 0 aliphatic carbocycles. The minimum absolute atomic E-state index is 0.0953. The molecule has 1 unspecified atom stereocenters. The van der Waals surface area contributed by atoms with Gasteiger partial charge in [-0.3, -0.25) is 4.90 Å². The molecule has 0 saturated carbocycles. The SMILES string of the molecule is CCc1nnc(CN(C)C(C)c2ccc(F)c(F)c2)o1. The molecule has 1 heterocycles. The lowest BCUT2D eigenvalue weighted by Crippen LogP contribution is -2.22. The van der Waals surface area contributed by atoms with Crippen molar-refractivity contribution in [1.82, 2.24) is 15.1 Å². The maximum Gasteiger partial charge on any atom is 0.230 e. The molecule has 20 heavy (non-hydrogen) atoms. The molecule has 0 fully saturated rings. The Kier molecular flexibility index (Phi) is 4.44. The summed E-state index contributed by atoms with van der Waals surface area (Å²) in [6.07, 6.45) is 0.690. The first-order valence-corrected chi connectivity index (χ1v) is 6.47. The number of hydrogen-bond donors (Lipinski definition) is 0. The molecule has 1 aromatic heterocycles. The number of rotatable bonds is 5. The molecule has 0 bridgehead atoms. The Labute approximate surface area is 116 Å². The van der Waals surface area contributed by atoms with Gasteiger partial charge in [-0.05, 0) is 31.7 Å². The van der Waals surface area contributed by atoms with Gasteiger partial charge >= 0.3 is 0 Å². The molecule has 0 amide bonds. The molecule has 2 rings (SSSR count). The Balaban J connectivity index is 2.07. The Morgan fingerprint density at radius 3 is 2.50 bits per heavy atom. The second kappa shape index (κ2) is 6.09. The van der Waals surface area contributed by atoms with Crippen molar-refractivity contribution in [2.45, 2.75) is 32.9 Å². The molecule has 0 saturated heterocycles. The Bertz CT molecular complexity index is 586. The van der Waals surface area contributed by atoms with Gasteiger partial charge in [-0.15, -0.1) is 10.2 Å². The number of hydrogen-bond acceptors (Lipinski definition) is 4. The van der Waals surface area contributed by atoms with Gasteiger partial charge in [0.05, 0.1) is 6.54 Å². The highest BCUT2D eigenvalue weighted by Gasteiger charge is 2.16. The summed E-state index contributed by atoms with van der Waals surface area (Å²) in [5, 5.41) is 7.83. The first kappa shape index (κ1) is 14.6. The Morgan fingerprint density at radius 2 is 1.90 bits per heavy atom. The first-order chi connectivity index (χ1) is 9.51. The molecular weight excluding hydrogens is 264 g/mol. The molecule has 0 aliphatic rings. The third kappa shape index (κ3) is 3.19. The summed E-state index contributed by atoms with van der Waals surface area (Å²) in [7, 11) is 1.86. The van der Waals surface area contributed by atoms with Gasteiger partial charge in [-0.2, -0.15) is 0 Å². The maximum atomic E-state index is 13.2. The normalized spacial score (nSPS) is 12.9. The van der Waals surface area contributed by atoms with E-state index in [2.05, 4.69) is 10.2 Å². The lowest BCUT2D eigenvalue weighted by atomic mass is 10.1. The van der Waals surface area contributed by atoms with E-state index >= 15 is 0 Å². The second-order valence-corrected chi connectivity index (χ2v) is 4.71. The van der Waals surface area contributed by atoms with Crippen LogP contribution < -0.4 is 0 Å². The van der Waals surface area contributed by atoms with Crippen LogP contribution in [0.4, 0.5) is 8.78 Å². The van der Waals surface area contributed by atoms with E-state index in [1.165, 1.54) is 6.07 Å². The molecule has 1 aromatic carbocycles. The zero-order valence-electron chi connectivity index (χ0n) is 11.7. The van der Waals surface area contributed by atoms with Gasteiger partial charge in [0.25, 0.3) is 0 Å². The predicted octanol–water partition coefficient (Wildman–Crippen LogP) is 3.10. The lowest BCUT2D eigenvalue weighted by molar-refractivity contribution is 0.225. The van der Waals surface area contributed by atoms with Crippen LogP contribution in [0.25, 0.3) is 0 Å². The standard InChI is InChI=1S/C14H17F2N3O/c1-4-13-17-18-14(20-13)8-19(3)9(2)10-5-6-11(15)12(16)7-10/h5-7,9H,4,8H2,1-3H3. The van der Waals surface area contributed by atoms with Crippen LogP contribution in [-0.4, -0.2) is 22.1 Å². The van der Waals surface area contributed by atoms with E-state index in [0.29, 0.717) is 30.3 Å². The molecule has 108 valence electrons. The van der Waals surface area contributed by atoms with Gasteiger partial charge in [-0.1, -0.05) is 13.0 Å². The summed E-state index contributed by atoms with van der Waals surface area (Å²) < 4.78 is 31.6. The quantitative estimate of drug-likeness (QED) is 0.844. The highest BCUT2D eigenvalue weighted by Crippen LogP contribution is 2.22. The van der Waals surface area contributed by atoms with Crippen LogP contribution in [0.2, 0.25) is 0 Å². The molecule has 1 atom stereocenters. The average molecular weight is 281 g/mol. The Morgan fingerprint density at radius 1 is 1.20 bits per heavy atom. The highest BCUT2D eigenvalue weighted by molar-refractivity contribution is 5.20. The van der Waals surface area contributed by atoms with Crippen molar-refractivity contribution < 1.29 is 13.2 Å². The van der Waals surface area contributed by atoms with Gasteiger partial charge in [0.15, 0.2) is 11.6 Å². The predicted molar refractivity (Wildman–Crippen MR) is 69.9 cm³/mol. The molecule has 0 N–H and O–H groups in total. The number of nitrogens with zero attached hydrogens (tertiary/aromatic N) is 3. The van der Waals surface area contributed by atoms with Crippen molar-refractivity contribution in [3.05, 3.63) is 47.2 Å². The van der Waals surface area contributed by atoms with Crippen LogP contribution in [0.3, 0.4) is 0 Å². The van der Waals surface area contributed by atoms with Crippen molar-refractivity contribution in [2.75, 3.05) is 7.05 Å². The van der Waals surface area contributed by atoms with Crippen molar-refractivity contribution in [3.63, 3.8) is 0 Å². The fourth-order valence-corrected chi connectivity index (χ4v) is 1.87. The Hall–Kier alpha value is -1.82. The summed E-state index contributed by atoms with van der Waals surface area (Å²) in [6.45, 7) is 4.29. The van der Waals surface area contributed by atoms with E-state index in [-0.39, 0.29) is 6.04 Å². The van der Waals surface area contributed by atoms with Gasteiger partial charge in [0, 0.05) is 12.5 Å². The lowest BCUT2D eigenvalue weighted by Gasteiger charge is -2.23. The summed E-state index contributed by atoms with van der Waals surface area (Å²) in [5.74, 6) is -0.574. The van der Waals surface area contributed by atoms with Gasteiger partial charge in [-0.25, -0.2) is 8.78 Å². The fourth-order valence-electron chi connectivity index (χ4n) is 1.87. The van der Waals surface area contributed by atoms with E-state index in [1.807, 2.05) is 25.8 Å². The topological polar surface area (TPSA) is 42.2 Å². The zero-order valence-corrected chi connectivity index (χ0v) is 11.7. The largest absolute Gasteiger partial charge is 0.424 e. The van der Waals surface area contributed by atoms with Crippen LogP contribution in [0.1, 0.15) is 37.2 Å². The number of aromatic nitrogens is 2. The van der Waals surface area contributed by atoms with Crippen molar-refractivity contribution in [2.24, 2.45) is 0 Å². The summed E-state index contributed by atoms with van der Waals surface area (Å²) >= 11 is 0. The van der Waals surface area contributed by atoms with Gasteiger partial charge in [0.2, 0.25) is 11.8 Å². The monoisotopic (exact) mass is 281 g/mol. The molecule has 2 aromatic rings. The van der Waals surface area contributed by atoms with Gasteiger partial charge < -0.3 is 4.42 Å². The molecule has 0 aliphatic heterocycles. The summed E-state index contributed by atoms with van der Waals surface area (Å²) in [6, 6.07) is 3.82. The van der Waals surface area contributed by atoms with Crippen LogP contribution in [0.5, 0.6) is 0 Å². The van der Waals surface area contributed by atoms with Crippen LogP contribution in [-0.2, 0) is 13.0 Å². The third-order valence-corrected chi connectivity index (χ3v) is 3.28. The van der Waals surface area contributed by atoms with Crippen LogP contribution in [0.15, 0.2) is 22.6 Å². The van der Waals surface area contributed by atoms with E-state index < -0.39 is 11.6 Å². The van der Waals surface area contributed by atoms with E-state index in [9.17, 15) is 8.78 Å². The average Bonchev–Trinajstić information content (AvgIpc) is 2.88. The van der Waals surface area contributed by atoms with Gasteiger partial charge in [0.1, 0.15) is 0 Å². The second-order valence-electron chi connectivity index (χ2n) is 4.71. The molecule has 0 radical (unpaired) electrons. The smallest absolute Gasteiger partial charge is 0.230 e. The van der Waals surface area contributed by atoms with E-state index in [0.717, 1.165) is 6.07 Å². The third-order valence-electron chi connectivity index (χ3n) is 3.28. The number of aryl methyl sites for hydroxylation is 1. The van der Waals surface area contributed by atoms with Crippen LogP contribution in [0, 0.1) is 11.6 Å². The van der Waals surface area contributed by atoms with Crippen molar-refractivity contribution in [3.8, 4) is 0 Å². The highest BCUT2D eigenvalue weighted by atomic mass is 19.2. The van der Waals surface area contributed by atoms with Crippen molar-refractivity contribution >= 4 is 0 Å². The number of halogens is 2. The minimum atomic E-state index is -0.840. The number of benzene rings is 1. The molecular formula is C14H17F2N3O. The fraction of sp³-hybridized carbons (Fsp3) is 0.429. The molecule has 0 spiro atoms. The van der Waals surface area contributed by atoms with Crippen LogP contribution >= 0.6 is 0 Å². The maximum absolute atomic E-state index is 13.2. The first-order valence-electron chi connectivity index (χ1n) is 6.47. The summed E-state index contributed by atoms with van der Waals surface area (Å²) in [5.41, 5.74) is 0.696. The minimum Gasteiger partial charge on any atom is -0.424 e. The van der Waals surface area contributed by atoms with Crippen molar-refractivity contribution in [1.29, 1.82) is 0 Å². The molecule has 6 heteroatoms. The summed E-state index contributed by atoms with van der Waals surface area (Å²) in [4.78, 5) is 1.93. The van der Waals surface area contributed by atoms with E-state index in [4.69, 9.17) is 4.42 Å². The zero-order chi connectivity index (χ0) is 14.7.